The van der Waals surface area contributed by atoms with E-state index in [4.69, 9.17) is 0 Å². The summed E-state index contributed by atoms with van der Waals surface area (Å²) in [5, 5.41) is -0.00899. The molecule has 20 heavy (non-hydrogen) atoms. The zero-order valence-corrected chi connectivity index (χ0v) is 14.2. The maximum atomic E-state index is 12.2. The number of rotatable bonds is 11. The molecule has 0 saturated heterocycles. The van der Waals surface area contributed by atoms with Crippen molar-refractivity contribution in [2.45, 2.75) is 102 Å². The molecule has 0 aliphatic heterocycles. The summed E-state index contributed by atoms with van der Waals surface area (Å²) >= 11 is 0. The summed E-state index contributed by atoms with van der Waals surface area (Å²) in [7, 11) is -2.79. The molecular formula is C17H34O2S. The van der Waals surface area contributed by atoms with E-state index in [2.05, 4.69) is 6.92 Å². The normalized spacial score (nSPS) is 17.4. The van der Waals surface area contributed by atoms with Gasteiger partial charge in [-0.3, -0.25) is 0 Å². The summed E-state index contributed by atoms with van der Waals surface area (Å²) in [5.74, 6) is 0.438. The standard InChI is InChI=1S/C17H34O2S/c1-2-3-4-5-6-7-8-9-13-16-20(18,19)17-14-11-10-12-15-17/h17H,2-16H2,1H3. The van der Waals surface area contributed by atoms with Gasteiger partial charge in [0.2, 0.25) is 0 Å². The van der Waals surface area contributed by atoms with E-state index in [0.717, 1.165) is 38.5 Å². The Morgan fingerprint density at radius 2 is 1.25 bits per heavy atom. The molecule has 0 spiro atoms. The Kier molecular flexibility index (Phi) is 9.58. The lowest BCUT2D eigenvalue weighted by Gasteiger charge is -2.21. The van der Waals surface area contributed by atoms with E-state index >= 15 is 0 Å². The molecule has 0 radical (unpaired) electrons. The first kappa shape index (κ1) is 18.0. The quantitative estimate of drug-likeness (QED) is 0.487. The van der Waals surface area contributed by atoms with Crippen LogP contribution in [0.25, 0.3) is 0 Å². The van der Waals surface area contributed by atoms with E-state index in [0.29, 0.717) is 5.75 Å². The van der Waals surface area contributed by atoms with Crippen LogP contribution in [0.3, 0.4) is 0 Å². The van der Waals surface area contributed by atoms with Gasteiger partial charge in [-0.1, -0.05) is 77.6 Å². The van der Waals surface area contributed by atoms with Gasteiger partial charge in [-0.2, -0.15) is 0 Å². The first-order valence-corrected chi connectivity index (χ1v) is 10.6. The lowest BCUT2D eigenvalue weighted by atomic mass is 10.0. The van der Waals surface area contributed by atoms with Crippen LogP contribution in [-0.4, -0.2) is 19.4 Å². The predicted molar refractivity (Wildman–Crippen MR) is 87.9 cm³/mol. The molecule has 3 heteroatoms. The van der Waals surface area contributed by atoms with Crippen LogP contribution in [0.4, 0.5) is 0 Å². The van der Waals surface area contributed by atoms with Gasteiger partial charge >= 0.3 is 0 Å². The van der Waals surface area contributed by atoms with Gasteiger partial charge in [0.05, 0.1) is 11.0 Å². The smallest absolute Gasteiger partial charge is 0.153 e. The van der Waals surface area contributed by atoms with Crippen LogP contribution >= 0.6 is 0 Å². The van der Waals surface area contributed by atoms with E-state index in [9.17, 15) is 8.42 Å². The molecule has 1 aliphatic carbocycles. The second kappa shape index (κ2) is 10.6. The zero-order chi connectivity index (χ0) is 14.7. The van der Waals surface area contributed by atoms with Crippen LogP contribution in [0, 0.1) is 0 Å². The average Bonchev–Trinajstić information content (AvgIpc) is 2.46. The summed E-state index contributed by atoms with van der Waals surface area (Å²) in [4.78, 5) is 0. The van der Waals surface area contributed by atoms with Gasteiger partial charge in [-0.05, 0) is 19.3 Å². The largest absolute Gasteiger partial charge is 0.229 e. The summed E-state index contributed by atoms with van der Waals surface area (Å²) in [6.07, 6.45) is 16.5. The van der Waals surface area contributed by atoms with Gasteiger partial charge in [-0.15, -0.1) is 0 Å². The number of unbranched alkanes of at least 4 members (excludes halogenated alkanes) is 8. The van der Waals surface area contributed by atoms with E-state index in [1.54, 1.807) is 0 Å². The summed E-state index contributed by atoms with van der Waals surface area (Å²) < 4.78 is 24.4. The van der Waals surface area contributed by atoms with Crippen LogP contribution in [0.5, 0.6) is 0 Å². The first-order valence-electron chi connectivity index (χ1n) is 8.88. The minimum absolute atomic E-state index is 0.00899. The number of sulfone groups is 1. The monoisotopic (exact) mass is 302 g/mol. The molecule has 0 aromatic heterocycles. The molecule has 1 aliphatic rings. The van der Waals surface area contributed by atoms with Gasteiger partial charge in [-0.25, -0.2) is 8.42 Å². The maximum absolute atomic E-state index is 12.2. The molecule has 2 nitrogen and oxygen atoms in total. The molecule has 0 heterocycles. The second-order valence-corrected chi connectivity index (χ2v) is 8.86. The molecule has 0 unspecified atom stereocenters. The number of hydrogen-bond donors (Lipinski definition) is 0. The van der Waals surface area contributed by atoms with Crippen molar-refractivity contribution in [3.8, 4) is 0 Å². The zero-order valence-electron chi connectivity index (χ0n) is 13.4. The van der Waals surface area contributed by atoms with Gasteiger partial charge in [0, 0.05) is 0 Å². The molecule has 0 bridgehead atoms. The fourth-order valence-corrected chi connectivity index (χ4v) is 5.20. The molecule has 1 fully saturated rings. The van der Waals surface area contributed by atoms with Crippen molar-refractivity contribution in [2.75, 3.05) is 5.75 Å². The molecule has 0 atom stereocenters. The molecular weight excluding hydrogens is 268 g/mol. The Labute approximate surface area is 126 Å². The van der Waals surface area contributed by atoms with Crippen molar-refractivity contribution >= 4 is 9.84 Å². The van der Waals surface area contributed by atoms with Gasteiger partial charge in [0.25, 0.3) is 0 Å². The third kappa shape index (κ3) is 7.66. The highest BCUT2D eigenvalue weighted by Crippen LogP contribution is 2.25. The van der Waals surface area contributed by atoms with Crippen LogP contribution in [-0.2, 0) is 9.84 Å². The Hall–Kier alpha value is -0.0500. The predicted octanol–water partition coefficient (Wildman–Crippen LogP) is 5.26. The van der Waals surface area contributed by atoms with Crippen LogP contribution in [0.1, 0.15) is 96.8 Å². The van der Waals surface area contributed by atoms with E-state index in [-0.39, 0.29) is 5.25 Å². The van der Waals surface area contributed by atoms with E-state index in [1.807, 2.05) is 0 Å². The molecule has 0 N–H and O–H groups in total. The van der Waals surface area contributed by atoms with Crippen LogP contribution in [0.15, 0.2) is 0 Å². The lowest BCUT2D eigenvalue weighted by Crippen LogP contribution is -2.26. The lowest BCUT2D eigenvalue weighted by molar-refractivity contribution is 0.482. The molecule has 0 aromatic rings. The maximum Gasteiger partial charge on any atom is 0.153 e. The molecule has 1 saturated carbocycles. The van der Waals surface area contributed by atoms with Crippen molar-refractivity contribution in [2.24, 2.45) is 0 Å². The molecule has 0 aromatic carbocycles. The molecule has 0 amide bonds. The highest BCUT2D eigenvalue weighted by molar-refractivity contribution is 7.92. The summed E-state index contributed by atoms with van der Waals surface area (Å²) in [6.45, 7) is 2.24. The van der Waals surface area contributed by atoms with Gasteiger partial charge in [0.1, 0.15) is 0 Å². The van der Waals surface area contributed by atoms with Crippen molar-refractivity contribution in [1.82, 2.24) is 0 Å². The Balaban J connectivity index is 1.99. The van der Waals surface area contributed by atoms with Crippen molar-refractivity contribution in [3.05, 3.63) is 0 Å². The Bertz CT molecular complexity index is 316. The highest BCUT2D eigenvalue weighted by atomic mass is 32.2. The summed E-state index contributed by atoms with van der Waals surface area (Å²) in [5.41, 5.74) is 0. The molecule has 1 rings (SSSR count). The van der Waals surface area contributed by atoms with E-state index in [1.165, 1.54) is 51.4 Å². The van der Waals surface area contributed by atoms with Gasteiger partial charge < -0.3 is 0 Å². The fraction of sp³-hybridized carbons (Fsp3) is 1.00. The minimum Gasteiger partial charge on any atom is -0.229 e. The number of hydrogen-bond acceptors (Lipinski definition) is 2. The fourth-order valence-electron chi connectivity index (χ4n) is 3.20. The average molecular weight is 303 g/mol. The molecule has 120 valence electrons. The van der Waals surface area contributed by atoms with Crippen LogP contribution < -0.4 is 0 Å². The topological polar surface area (TPSA) is 34.1 Å². The SMILES string of the molecule is CCCCCCCCCCCS(=O)(=O)C1CCCCC1. The Morgan fingerprint density at radius 3 is 1.80 bits per heavy atom. The highest BCUT2D eigenvalue weighted by Gasteiger charge is 2.26. The van der Waals surface area contributed by atoms with Crippen molar-refractivity contribution < 1.29 is 8.42 Å². The first-order chi connectivity index (χ1) is 9.67. The van der Waals surface area contributed by atoms with Crippen molar-refractivity contribution in [3.63, 3.8) is 0 Å². The summed E-state index contributed by atoms with van der Waals surface area (Å²) in [6, 6.07) is 0. The third-order valence-corrected chi connectivity index (χ3v) is 6.94. The third-order valence-electron chi connectivity index (χ3n) is 4.59. The van der Waals surface area contributed by atoms with Gasteiger partial charge in [0.15, 0.2) is 9.84 Å². The van der Waals surface area contributed by atoms with Crippen molar-refractivity contribution in [1.29, 1.82) is 0 Å². The second-order valence-electron chi connectivity index (χ2n) is 6.46. The van der Waals surface area contributed by atoms with Crippen LogP contribution in [0.2, 0.25) is 0 Å². The Morgan fingerprint density at radius 1 is 0.750 bits per heavy atom. The minimum atomic E-state index is -2.79. The van der Waals surface area contributed by atoms with E-state index < -0.39 is 9.84 Å².